The van der Waals surface area contributed by atoms with Gasteiger partial charge in [-0.05, 0) is 161 Å². The maximum atomic E-state index is 2.59. The number of hydrogen-bond acceptors (Lipinski definition) is 0. The van der Waals surface area contributed by atoms with Crippen molar-refractivity contribution in [3.05, 3.63) is 340 Å². The largest absolute Gasteiger partial charge is 0.0622 e. The zero-order chi connectivity index (χ0) is 55.8. The van der Waals surface area contributed by atoms with Gasteiger partial charge in [0, 0.05) is 0 Å². The third kappa shape index (κ3) is 8.63. The van der Waals surface area contributed by atoms with Gasteiger partial charge in [0.25, 0.3) is 0 Å². The van der Waals surface area contributed by atoms with Crippen LogP contribution >= 0.6 is 0 Å². The fourth-order valence-corrected chi connectivity index (χ4v) is 13.5. The third-order valence-electron chi connectivity index (χ3n) is 16.8. The van der Waals surface area contributed by atoms with Crippen molar-refractivity contribution in [2.45, 2.75) is 0 Å². The van der Waals surface area contributed by atoms with Gasteiger partial charge in [-0.25, -0.2) is 0 Å². The molecule has 0 bridgehead atoms. The molecule has 15 aromatic rings. The van der Waals surface area contributed by atoms with E-state index >= 15 is 0 Å². The number of hydrogen-bond donors (Lipinski definition) is 0. The normalized spacial score (nSPS) is 11.3. The van der Waals surface area contributed by atoms with Gasteiger partial charge < -0.3 is 0 Å². The van der Waals surface area contributed by atoms with Gasteiger partial charge in [-0.1, -0.05) is 334 Å². The molecule has 0 aliphatic carbocycles. The van der Waals surface area contributed by atoms with E-state index < -0.39 is 0 Å². The Morgan fingerprint density at radius 2 is 0.274 bits per heavy atom. The first-order valence-electron chi connectivity index (χ1n) is 29.1. The van der Waals surface area contributed by atoms with Crippen LogP contribution in [-0.2, 0) is 0 Å². The van der Waals surface area contributed by atoms with Crippen molar-refractivity contribution in [1.82, 2.24) is 0 Å². The Kier molecular flexibility index (Phi) is 13.0. The monoisotopic (exact) mass is 1060 g/mol. The minimum atomic E-state index is 1.14. The second-order valence-electron chi connectivity index (χ2n) is 21.6. The van der Waals surface area contributed by atoms with Gasteiger partial charge in [0.15, 0.2) is 0 Å². The SMILES string of the molecule is c1ccc(-c2cc3c(c(-c4ccccc4)c2-c2ccccc2)c2c(-c4ccccc4)c(-c4ccccc4)c(-c4ccccc4)c(-c4ccccc4)c2c2c(-c4ccccc4)c(-c4ccccc4)c(-c4ccccc4)c(-c4ccccc4)c32)cc1. The molecule has 0 fully saturated rings. The van der Waals surface area contributed by atoms with Gasteiger partial charge in [0.05, 0.1) is 0 Å². The molecule has 84 heavy (non-hydrogen) atoms. The number of fused-ring (bicyclic) bond motifs is 6. The highest BCUT2D eigenvalue weighted by Gasteiger charge is 2.34. The molecular formula is C84H56. The molecule has 0 spiro atoms. The summed E-state index contributed by atoms with van der Waals surface area (Å²) < 4.78 is 0. The Balaban J connectivity index is 1.42. The Hall–Kier alpha value is -10.9. The molecule has 0 aliphatic rings. The first-order valence-corrected chi connectivity index (χ1v) is 29.1. The van der Waals surface area contributed by atoms with Crippen LogP contribution in [0.25, 0.3) is 155 Å². The van der Waals surface area contributed by atoms with Crippen LogP contribution in [0.3, 0.4) is 0 Å². The Labute approximate surface area is 491 Å². The van der Waals surface area contributed by atoms with Crippen LogP contribution < -0.4 is 0 Å². The predicted molar refractivity (Wildman–Crippen MR) is 359 cm³/mol. The molecule has 0 unspecified atom stereocenters. The summed E-state index contributed by atoms with van der Waals surface area (Å²) >= 11 is 0. The fourth-order valence-electron chi connectivity index (χ4n) is 13.5. The minimum Gasteiger partial charge on any atom is -0.0622 e. The Morgan fingerprint density at radius 3 is 0.500 bits per heavy atom. The topological polar surface area (TPSA) is 0 Å². The van der Waals surface area contributed by atoms with Crippen molar-refractivity contribution in [3.8, 4) is 122 Å². The maximum Gasteiger partial charge on any atom is -0.0000483 e. The van der Waals surface area contributed by atoms with Gasteiger partial charge >= 0.3 is 0 Å². The summed E-state index contributed by atoms with van der Waals surface area (Å²) in [6, 6.07) is 126. The quantitative estimate of drug-likeness (QED) is 0.113. The number of benzene rings is 15. The summed E-state index contributed by atoms with van der Waals surface area (Å²) in [5.41, 5.74) is 25.5. The van der Waals surface area contributed by atoms with E-state index in [0.29, 0.717) is 0 Å². The first kappa shape index (κ1) is 50.1. The van der Waals surface area contributed by atoms with Crippen molar-refractivity contribution in [3.63, 3.8) is 0 Å². The molecule has 0 heterocycles. The van der Waals surface area contributed by atoms with Crippen molar-refractivity contribution >= 4 is 32.3 Å². The van der Waals surface area contributed by atoms with Crippen LogP contribution in [0.15, 0.2) is 340 Å². The molecule has 0 aromatic heterocycles. The summed E-state index contributed by atoms with van der Waals surface area (Å²) in [6.45, 7) is 0. The summed E-state index contributed by atoms with van der Waals surface area (Å²) in [5, 5.41) is 7.14. The van der Waals surface area contributed by atoms with E-state index in [-0.39, 0.29) is 0 Å². The summed E-state index contributed by atoms with van der Waals surface area (Å²) in [7, 11) is 0. The van der Waals surface area contributed by atoms with E-state index in [0.717, 1.165) is 66.8 Å². The lowest BCUT2D eigenvalue weighted by Crippen LogP contribution is -2.04. The lowest BCUT2D eigenvalue weighted by atomic mass is 9.70. The molecule has 0 heteroatoms. The highest BCUT2D eigenvalue weighted by Crippen LogP contribution is 2.62. The van der Waals surface area contributed by atoms with Gasteiger partial charge in [0.1, 0.15) is 0 Å². The van der Waals surface area contributed by atoms with Gasteiger partial charge in [-0.3, -0.25) is 0 Å². The van der Waals surface area contributed by atoms with Gasteiger partial charge in [0.2, 0.25) is 0 Å². The lowest BCUT2D eigenvalue weighted by Gasteiger charge is -2.32. The highest BCUT2D eigenvalue weighted by molar-refractivity contribution is 6.43. The smallest absolute Gasteiger partial charge is 0.0000483 e. The van der Waals surface area contributed by atoms with E-state index in [1.54, 1.807) is 0 Å². The van der Waals surface area contributed by atoms with Crippen LogP contribution in [0.5, 0.6) is 0 Å². The van der Waals surface area contributed by atoms with Gasteiger partial charge in [-0.15, -0.1) is 0 Å². The Bertz CT molecular complexity index is 4650. The van der Waals surface area contributed by atoms with Gasteiger partial charge in [-0.2, -0.15) is 0 Å². The molecule has 0 atom stereocenters. The van der Waals surface area contributed by atoms with Crippen LogP contribution in [0.1, 0.15) is 0 Å². The molecule has 15 rings (SSSR count). The second-order valence-corrected chi connectivity index (χ2v) is 21.6. The van der Waals surface area contributed by atoms with Crippen molar-refractivity contribution in [2.24, 2.45) is 0 Å². The van der Waals surface area contributed by atoms with E-state index in [9.17, 15) is 0 Å². The molecule has 0 amide bonds. The summed E-state index contributed by atoms with van der Waals surface area (Å²) in [6.07, 6.45) is 0. The molecule has 0 saturated carbocycles. The molecule has 0 nitrogen and oxygen atoms in total. The molecular weight excluding hydrogens is 1010 g/mol. The van der Waals surface area contributed by atoms with E-state index in [1.807, 2.05) is 0 Å². The molecule has 392 valence electrons. The standard InChI is InChI=1S/C84H56/c1-12-34-57(35-13-1)68-56-69-80(71(59-38-16-3-17-39-59)70(68)58-36-14-2-15-37-58)82-78(66-52-30-10-31-53-66)74(62-44-22-6-23-45-62)75(63-46-24-7-25-47-63)79(67-54-32-11-33-55-67)84(82)83-77(65-50-28-9-29-51-65)73(61-42-20-5-21-43-61)72(60-40-18-4-19-41-60)76(81(69)83)64-48-26-8-27-49-64/h1-56H. The van der Waals surface area contributed by atoms with Crippen LogP contribution in [0, 0.1) is 0 Å². The predicted octanol–water partition coefficient (Wildman–Crippen LogP) is 23.5. The van der Waals surface area contributed by atoms with Crippen molar-refractivity contribution in [1.29, 1.82) is 0 Å². The number of rotatable bonds is 11. The molecule has 0 radical (unpaired) electrons. The Morgan fingerprint density at radius 1 is 0.119 bits per heavy atom. The zero-order valence-electron chi connectivity index (χ0n) is 46.3. The average molecular weight is 1070 g/mol. The average Bonchev–Trinajstić information content (AvgIpc) is 0.701. The zero-order valence-corrected chi connectivity index (χ0v) is 46.3. The highest BCUT2D eigenvalue weighted by atomic mass is 14.4. The fraction of sp³-hybridized carbons (Fsp3) is 0. The summed E-state index contributed by atoms with van der Waals surface area (Å²) in [5.74, 6) is 0. The third-order valence-corrected chi connectivity index (χ3v) is 16.8. The molecule has 0 aliphatic heterocycles. The van der Waals surface area contributed by atoms with Crippen molar-refractivity contribution in [2.75, 3.05) is 0 Å². The molecule has 0 N–H and O–H groups in total. The molecule has 0 saturated heterocycles. The summed E-state index contributed by atoms with van der Waals surface area (Å²) in [4.78, 5) is 0. The maximum absolute atomic E-state index is 2.59. The van der Waals surface area contributed by atoms with Crippen LogP contribution in [0.2, 0.25) is 0 Å². The minimum absolute atomic E-state index is 1.14. The lowest BCUT2D eigenvalue weighted by molar-refractivity contribution is 1.56. The van der Waals surface area contributed by atoms with E-state index in [2.05, 4.69) is 340 Å². The second kappa shape index (κ2) is 21.9. The van der Waals surface area contributed by atoms with Crippen molar-refractivity contribution < 1.29 is 0 Å². The molecule has 15 aromatic carbocycles. The first-order chi connectivity index (χ1) is 41.8. The van der Waals surface area contributed by atoms with E-state index in [1.165, 1.54) is 88.0 Å². The van der Waals surface area contributed by atoms with Crippen LogP contribution in [-0.4, -0.2) is 0 Å². The van der Waals surface area contributed by atoms with Crippen LogP contribution in [0.4, 0.5) is 0 Å². The van der Waals surface area contributed by atoms with E-state index in [4.69, 9.17) is 0 Å².